The highest BCUT2D eigenvalue weighted by Crippen LogP contribution is 2.30. The van der Waals surface area contributed by atoms with Crippen LogP contribution in [0, 0.1) is 11.3 Å². The van der Waals surface area contributed by atoms with E-state index in [-0.39, 0.29) is 17.0 Å². The van der Waals surface area contributed by atoms with Crippen LogP contribution < -0.4 is 5.32 Å². The van der Waals surface area contributed by atoms with E-state index in [0.717, 1.165) is 22.1 Å². The van der Waals surface area contributed by atoms with Gasteiger partial charge in [0.15, 0.2) is 5.69 Å². The minimum Gasteiger partial charge on any atom is -0.772 e. The van der Waals surface area contributed by atoms with Crippen molar-refractivity contribution in [2.75, 3.05) is 5.32 Å². The average Bonchev–Trinajstić information content (AvgIpc) is 2.60. The fraction of sp³-hybridized carbons (Fsp3) is 0.250. The average molecular weight is 379 g/mol. The van der Waals surface area contributed by atoms with Crippen LogP contribution in [0.3, 0.4) is 0 Å². The molecular weight excluding hydrogens is 360 g/mol. The zero-order valence-electron chi connectivity index (χ0n) is 15.3. The van der Waals surface area contributed by atoms with Gasteiger partial charge >= 0.3 is 0 Å². The van der Waals surface area contributed by atoms with Crippen LogP contribution in [0.25, 0.3) is 22.0 Å². The van der Waals surface area contributed by atoms with Gasteiger partial charge in [-0.3, -0.25) is 4.21 Å². The first kappa shape index (κ1) is 19.0. The molecule has 7 heteroatoms. The van der Waals surface area contributed by atoms with Gasteiger partial charge in [-0.25, -0.2) is 0 Å². The highest BCUT2D eigenvalue weighted by atomic mass is 32.2. The van der Waals surface area contributed by atoms with E-state index in [4.69, 9.17) is 0 Å². The third-order valence-corrected chi connectivity index (χ3v) is 4.51. The summed E-state index contributed by atoms with van der Waals surface area (Å²) in [5.74, 6) is 0.00223. The first-order valence-corrected chi connectivity index (χ1v) is 9.65. The number of fused-ring (bicyclic) bond motifs is 1. The summed E-state index contributed by atoms with van der Waals surface area (Å²) in [6.07, 6.45) is 0. The van der Waals surface area contributed by atoms with Gasteiger partial charge in [-0.05, 0) is 49.6 Å². The van der Waals surface area contributed by atoms with Crippen LogP contribution in [-0.2, 0) is 16.8 Å². The van der Waals surface area contributed by atoms with Crippen LogP contribution in [0.4, 0.5) is 5.69 Å². The van der Waals surface area contributed by atoms with Gasteiger partial charge in [0.25, 0.3) is 0 Å². The fourth-order valence-corrected chi connectivity index (χ4v) is 3.26. The number of nitrogens with one attached hydrogen (secondary N) is 1. The molecule has 0 bridgehead atoms. The lowest BCUT2D eigenvalue weighted by Gasteiger charge is -2.23. The van der Waals surface area contributed by atoms with E-state index in [1.54, 1.807) is 12.1 Å². The highest BCUT2D eigenvalue weighted by molar-refractivity contribution is 7.78. The molecule has 0 amide bonds. The van der Waals surface area contributed by atoms with Crippen LogP contribution in [0.5, 0.6) is 0 Å². The van der Waals surface area contributed by atoms with Gasteiger partial charge in [0.1, 0.15) is 6.07 Å². The molecule has 1 unspecified atom stereocenters. The molecule has 0 radical (unpaired) electrons. The number of benzene rings is 2. The van der Waals surface area contributed by atoms with Crippen LogP contribution >= 0.6 is 0 Å². The van der Waals surface area contributed by atoms with Gasteiger partial charge in [-0.15, -0.1) is 10.2 Å². The van der Waals surface area contributed by atoms with Crippen molar-refractivity contribution in [1.29, 1.82) is 5.26 Å². The van der Waals surface area contributed by atoms with E-state index in [2.05, 4.69) is 21.6 Å². The lowest BCUT2D eigenvalue weighted by Crippen LogP contribution is -2.27. The summed E-state index contributed by atoms with van der Waals surface area (Å²) < 4.78 is 21.6. The Kier molecular flexibility index (Phi) is 5.22. The molecule has 138 valence electrons. The Morgan fingerprint density at radius 2 is 1.78 bits per heavy atom. The molecule has 0 aliphatic rings. The molecule has 0 aliphatic heterocycles. The molecule has 3 rings (SSSR count). The number of hydrogen-bond donors (Lipinski definition) is 1. The Hall–Kier alpha value is -2.82. The van der Waals surface area contributed by atoms with Crippen molar-refractivity contribution < 1.29 is 8.76 Å². The normalized spacial score (nSPS) is 12.6. The maximum absolute atomic E-state index is 10.8. The summed E-state index contributed by atoms with van der Waals surface area (Å²) in [5, 5.41) is 21.8. The summed E-state index contributed by atoms with van der Waals surface area (Å²) in [7, 11) is 0. The molecule has 1 heterocycles. The Bertz CT molecular complexity index is 1050. The second kappa shape index (κ2) is 7.43. The molecule has 0 fully saturated rings. The fourth-order valence-electron chi connectivity index (χ4n) is 2.80. The number of anilines is 1. The van der Waals surface area contributed by atoms with Gasteiger partial charge in [-0.1, -0.05) is 41.4 Å². The first-order valence-electron chi connectivity index (χ1n) is 8.41. The maximum atomic E-state index is 10.8. The van der Waals surface area contributed by atoms with Crippen LogP contribution in [0.2, 0.25) is 0 Å². The maximum Gasteiger partial charge on any atom is 0.186 e. The topological polar surface area (TPSA) is 102 Å². The van der Waals surface area contributed by atoms with E-state index in [9.17, 15) is 14.0 Å². The van der Waals surface area contributed by atoms with E-state index in [0.29, 0.717) is 11.2 Å². The van der Waals surface area contributed by atoms with Crippen molar-refractivity contribution in [3.8, 4) is 17.2 Å². The smallest absolute Gasteiger partial charge is 0.186 e. The summed E-state index contributed by atoms with van der Waals surface area (Å²) in [6, 6.07) is 15.3. The summed E-state index contributed by atoms with van der Waals surface area (Å²) in [6.45, 7) is 6.06. The van der Waals surface area contributed by atoms with Crippen molar-refractivity contribution >= 4 is 27.7 Å². The molecule has 3 aromatic rings. The molecule has 0 aliphatic carbocycles. The molecule has 0 spiro atoms. The Morgan fingerprint density at radius 1 is 1.11 bits per heavy atom. The second-order valence-electron chi connectivity index (χ2n) is 7.29. The molecule has 0 saturated heterocycles. The number of rotatable bonds is 4. The Balaban J connectivity index is 2.03. The van der Waals surface area contributed by atoms with Gasteiger partial charge in [0.2, 0.25) is 0 Å². The van der Waals surface area contributed by atoms with E-state index < -0.39 is 11.1 Å². The number of aromatic nitrogens is 2. The SMILES string of the molecule is CC(C)(C)Nc1c(C#N)nnc2cc(-c3ccc(CS(=O)[O-])cc3)ccc12. The summed E-state index contributed by atoms with van der Waals surface area (Å²) >= 11 is -2.10. The molecule has 2 aromatic carbocycles. The van der Waals surface area contributed by atoms with Crippen molar-refractivity contribution in [2.24, 2.45) is 0 Å². The molecule has 1 atom stereocenters. The summed E-state index contributed by atoms with van der Waals surface area (Å²) in [5.41, 5.74) is 4.03. The molecule has 1 aromatic heterocycles. The van der Waals surface area contributed by atoms with Gasteiger partial charge < -0.3 is 9.87 Å². The predicted octanol–water partition coefficient (Wildman–Crippen LogP) is 3.76. The van der Waals surface area contributed by atoms with Gasteiger partial charge in [0.05, 0.1) is 11.2 Å². The molecule has 0 saturated carbocycles. The van der Waals surface area contributed by atoms with E-state index in [1.807, 2.05) is 51.1 Å². The minimum absolute atomic E-state index is 0.00223. The van der Waals surface area contributed by atoms with Crippen molar-refractivity contribution in [3.63, 3.8) is 0 Å². The Labute approximate surface area is 160 Å². The van der Waals surface area contributed by atoms with Gasteiger partial charge in [0, 0.05) is 16.7 Å². The lowest BCUT2D eigenvalue weighted by atomic mass is 10.0. The number of nitrogens with zero attached hydrogens (tertiary/aromatic N) is 3. The van der Waals surface area contributed by atoms with Crippen molar-refractivity contribution in [3.05, 3.63) is 53.7 Å². The van der Waals surface area contributed by atoms with Crippen LogP contribution in [0.15, 0.2) is 42.5 Å². The third kappa shape index (κ3) is 4.48. The number of hydrogen-bond acceptors (Lipinski definition) is 6. The zero-order chi connectivity index (χ0) is 19.6. The standard InChI is InChI=1S/C20H20N4O2S/c1-20(2,3)22-19-16-9-8-15(10-17(16)23-24-18(19)11-21)14-6-4-13(5-7-14)12-27(25)26/h4-10H,12H2,1-3H3,(H,22,23)(H,25,26)/p-1. The zero-order valence-corrected chi connectivity index (χ0v) is 16.1. The Morgan fingerprint density at radius 3 is 2.37 bits per heavy atom. The lowest BCUT2D eigenvalue weighted by molar-refractivity contribution is 0.536. The third-order valence-electron chi connectivity index (χ3n) is 3.94. The molecular formula is C20H19N4O2S-. The number of nitriles is 1. The van der Waals surface area contributed by atoms with Crippen LogP contribution in [0.1, 0.15) is 32.0 Å². The highest BCUT2D eigenvalue weighted by Gasteiger charge is 2.17. The van der Waals surface area contributed by atoms with Gasteiger partial charge in [-0.2, -0.15) is 5.26 Å². The van der Waals surface area contributed by atoms with E-state index >= 15 is 0 Å². The molecule has 27 heavy (non-hydrogen) atoms. The predicted molar refractivity (Wildman–Crippen MR) is 106 cm³/mol. The van der Waals surface area contributed by atoms with Crippen LogP contribution in [-0.4, -0.2) is 24.5 Å². The largest absolute Gasteiger partial charge is 0.772 e. The van der Waals surface area contributed by atoms with Crippen molar-refractivity contribution in [1.82, 2.24) is 10.2 Å². The van der Waals surface area contributed by atoms with Crippen molar-refractivity contribution in [2.45, 2.75) is 32.1 Å². The second-order valence-corrected chi connectivity index (χ2v) is 8.18. The molecule has 1 N–H and O–H groups in total. The van der Waals surface area contributed by atoms with E-state index in [1.165, 1.54) is 0 Å². The quantitative estimate of drug-likeness (QED) is 0.693. The minimum atomic E-state index is -2.10. The monoisotopic (exact) mass is 379 g/mol. The summed E-state index contributed by atoms with van der Waals surface area (Å²) in [4.78, 5) is 0. The first-order chi connectivity index (χ1) is 12.8. The molecule has 6 nitrogen and oxygen atoms in total.